The van der Waals surface area contributed by atoms with Gasteiger partial charge in [-0.3, -0.25) is 0 Å². The number of hydrogen-bond donors (Lipinski definition) is 2. The summed E-state index contributed by atoms with van der Waals surface area (Å²) < 4.78 is 0. The van der Waals surface area contributed by atoms with Crippen molar-refractivity contribution in [2.24, 2.45) is 0 Å². The minimum atomic E-state index is -0.136. The van der Waals surface area contributed by atoms with Crippen molar-refractivity contribution >= 4 is 59.1 Å². The Morgan fingerprint density at radius 3 is 1.86 bits per heavy atom. The molecule has 2 radical (unpaired) electrons. The van der Waals surface area contributed by atoms with E-state index in [0.717, 1.165) is 5.56 Å². The fourth-order valence-electron chi connectivity index (χ4n) is 1.12. The number of phenolic OH excluding ortho intramolecular Hbond substituents is 2. The van der Waals surface area contributed by atoms with Crippen LogP contribution >= 0.6 is 0 Å². The molecule has 0 aliphatic heterocycles. The number of rotatable bonds is 0. The molecule has 0 heterocycles. The first-order valence-corrected chi connectivity index (χ1v) is 3.94. The van der Waals surface area contributed by atoms with Gasteiger partial charge in [0.1, 0.15) is 11.5 Å². The molecule has 0 saturated heterocycles. The van der Waals surface area contributed by atoms with Crippen LogP contribution in [0.2, 0.25) is 0 Å². The molecule has 0 fully saturated rings. The minimum Gasteiger partial charge on any atom is -0.508 e. The molecule has 2 nitrogen and oxygen atoms in total. The third kappa shape index (κ3) is 4.56. The van der Waals surface area contributed by atoms with Crippen molar-refractivity contribution < 1.29 is 10.2 Å². The minimum absolute atomic E-state index is 0. The van der Waals surface area contributed by atoms with E-state index in [1.165, 1.54) is 12.1 Å². The average Bonchev–Trinajstić information content (AvgIpc) is 1.92. The first kappa shape index (κ1) is 17.2. The van der Waals surface area contributed by atoms with Crippen LogP contribution in [0.3, 0.4) is 0 Å². The zero-order valence-electron chi connectivity index (χ0n) is 9.63. The molecule has 0 aromatic heterocycles. The molecule has 4 heteroatoms. The summed E-state index contributed by atoms with van der Waals surface area (Å²) in [6.45, 7) is 5.96. The second kappa shape index (κ2) is 6.41. The van der Waals surface area contributed by atoms with E-state index in [0.29, 0.717) is 0 Å². The molecule has 0 aliphatic rings. The van der Waals surface area contributed by atoms with Gasteiger partial charge in [-0.25, -0.2) is 0 Å². The van der Waals surface area contributed by atoms with Gasteiger partial charge in [-0.15, -0.1) is 0 Å². The van der Waals surface area contributed by atoms with Crippen molar-refractivity contribution in [1.29, 1.82) is 0 Å². The second-order valence-corrected chi connectivity index (χ2v) is 3.95. The molecular formula is C10H14Na2O2. The maximum atomic E-state index is 9.46. The third-order valence-corrected chi connectivity index (χ3v) is 1.79. The Morgan fingerprint density at radius 1 is 1.00 bits per heavy atom. The monoisotopic (exact) mass is 212 g/mol. The first-order valence-electron chi connectivity index (χ1n) is 3.94. The summed E-state index contributed by atoms with van der Waals surface area (Å²) >= 11 is 0. The molecule has 1 aromatic rings. The maximum absolute atomic E-state index is 9.46. The van der Waals surface area contributed by atoms with Gasteiger partial charge < -0.3 is 10.2 Å². The zero-order valence-corrected chi connectivity index (χ0v) is 13.6. The number of benzene rings is 1. The molecule has 1 rings (SSSR count). The van der Waals surface area contributed by atoms with Crippen molar-refractivity contribution in [2.75, 3.05) is 0 Å². The summed E-state index contributed by atoms with van der Waals surface area (Å²) in [5.74, 6) is 0.429. The molecule has 0 atom stereocenters. The van der Waals surface area contributed by atoms with E-state index in [4.69, 9.17) is 0 Å². The Kier molecular flexibility index (Phi) is 7.89. The van der Waals surface area contributed by atoms with Gasteiger partial charge in [-0.05, 0) is 23.6 Å². The van der Waals surface area contributed by atoms with Crippen molar-refractivity contribution in [3.63, 3.8) is 0 Å². The quantitative estimate of drug-likeness (QED) is 0.507. The molecule has 2 N–H and O–H groups in total. The van der Waals surface area contributed by atoms with E-state index in [9.17, 15) is 10.2 Å². The van der Waals surface area contributed by atoms with E-state index in [1.807, 2.05) is 20.8 Å². The van der Waals surface area contributed by atoms with Gasteiger partial charge in [-0.1, -0.05) is 20.8 Å². The van der Waals surface area contributed by atoms with Crippen LogP contribution in [0.1, 0.15) is 26.3 Å². The summed E-state index contributed by atoms with van der Waals surface area (Å²) in [6.07, 6.45) is 0. The summed E-state index contributed by atoms with van der Waals surface area (Å²) in [4.78, 5) is 0. The van der Waals surface area contributed by atoms with Crippen LogP contribution in [0, 0.1) is 0 Å². The molecule has 0 unspecified atom stereocenters. The zero-order chi connectivity index (χ0) is 9.35. The summed E-state index contributed by atoms with van der Waals surface area (Å²) in [5, 5.41) is 18.6. The van der Waals surface area contributed by atoms with E-state index in [1.54, 1.807) is 6.07 Å². The summed E-state index contributed by atoms with van der Waals surface area (Å²) in [6, 6.07) is 4.58. The molecule has 0 spiro atoms. The molecule has 0 amide bonds. The van der Waals surface area contributed by atoms with E-state index in [-0.39, 0.29) is 76.0 Å². The normalized spacial score (nSPS) is 9.93. The van der Waals surface area contributed by atoms with Crippen LogP contribution in [0.15, 0.2) is 18.2 Å². The summed E-state index contributed by atoms with van der Waals surface area (Å²) in [5.41, 5.74) is 0.630. The standard InChI is InChI=1S/C10H14O2.2Na/c1-10(2,3)8-6-7(11)4-5-9(8)12;;/h4-6,11-12H,1-3H3;;. The van der Waals surface area contributed by atoms with Gasteiger partial charge in [0.15, 0.2) is 0 Å². The largest absolute Gasteiger partial charge is 0.508 e. The van der Waals surface area contributed by atoms with Gasteiger partial charge in [0, 0.05) is 64.7 Å². The van der Waals surface area contributed by atoms with Crippen molar-refractivity contribution in [2.45, 2.75) is 26.2 Å². The summed E-state index contributed by atoms with van der Waals surface area (Å²) in [7, 11) is 0. The SMILES string of the molecule is CC(C)(C)c1cc(O)ccc1O.[Na].[Na]. The van der Waals surface area contributed by atoms with Crippen LogP contribution in [-0.2, 0) is 5.41 Å². The maximum Gasteiger partial charge on any atom is 0.119 e. The van der Waals surface area contributed by atoms with Gasteiger partial charge in [-0.2, -0.15) is 0 Å². The van der Waals surface area contributed by atoms with Crippen LogP contribution in [0.25, 0.3) is 0 Å². The smallest absolute Gasteiger partial charge is 0.119 e. The van der Waals surface area contributed by atoms with Crippen molar-refractivity contribution in [1.82, 2.24) is 0 Å². The third-order valence-electron chi connectivity index (χ3n) is 1.79. The van der Waals surface area contributed by atoms with Crippen LogP contribution in [-0.4, -0.2) is 69.3 Å². The predicted molar refractivity (Wildman–Crippen MR) is 60.0 cm³/mol. The molecule has 0 saturated carbocycles. The number of hydrogen-bond acceptors (Lipinski definition) is 2. The Hall–Kier alpha value is 0.820. The van der Waals surface area contributed by atoms with Crippen molar-refractivity contribution in [3.05, 3.63) is 23.8 Å². The molecule has 68 valence electrons. The van der Waals surface area contributed by atoms with Gasteiger partial charge >= 0.3 is 0 Å². The van der Waals surface area contributed by atoms with Gasteiger partial charge in [0.25, 0.3) is 0 Å². The Balaban J connectivity index is 0. The molecule has 1 aromatic carbocycles. The van der Waals surface area contributed by atoms with Gasteiger partial charge in [0.2, 0.25) is 0 Å². The van der Waals surface area contributed by atoms with Crippen LogP contribution in [0.5, 0.6) is 11.5 Å². The predicted octanol–water partition coefficient (Wildman–Crippen LogP) is 1.63. The van der Waals surface area contributed by atoms with Gasteiger partial charge in [0.05, 0.1) is 0 Å². The van der Waals surface area contributed by atoms with Crippen molar-refractivity contribution in [3.8, 4) is 11.5 Å². The van der Waals surface area contributed by atoms with Crippen LogP contribution < -0.4 is 0 Å². The fraction of sp³-hybridized carbons (Fsp3) is 0.400. The second-order valence-electron chi connectivity index (χ2n) is 3.95. The van der Waals surface area contributed by atoms with Crippen LogP contribution in [0.4, 0.5) is 0 Å². The first-order chi connectivity index (χ1) is 5.41. The topological polar surface area (TPSA) is 40.5 Å². The van der Waals surface area contributed by atoms with E-state index < -0.39 is 0 Å². The average molecular weight is 212 g/mol. The van der Waals surface area contributed by atoms with E-state index >= 15 is 0 Å². The van der Waals surface area contributed by atoms with E-state index in [2.05, 4.69) is 0 Å². The molecule has 0 bridgehead atoms. The fourth-order valence-corrected chi connectivity index (χ4v) is 1.12. The number of phenols is 2. The Labute approximate surface area is 129 Å². The molecule has 0 aliphatic carbocycles. The Morgan fingerprint density at radius 2 is 1.50 bits per heavy atom. The Bertz CT molecular complexity index is 293. The molecular weight excluding hydrogens is 198 g/mol. The number of aromatic hydroxyl groups is 2. The molecule has 14 heavy (non-hydrogen) atoms.